The average Bonchev–Trinajstić information content (AvgIpc) is 3.19. The molecular formula is C17H19N3O9S3. The van der Waals surface area contributed by atoms with Gasteiger partial charge in [0.05, 0.1) is 15.6 Å². The van der Waals surface area contributed by atoms with Gasteiger partial charge in [0.2, 0.25) is 12.1 Å². The molecule has 1 saturated heterocycles. The largest absolute Gasteiger partial charge is 0.478 e. The third-order valence-corrected chi connectivity index (χ3v) is 8.07. The summed E-state index contributed by atoms with van der Waals surface area (Å²) in [5, 5.41) is 20.8. The molecule has 0 bridgehead atoms. The van der Waals surface area contributed by atoms with Gasteiger partial charge in [-0.3, -0.25) is 24.0 Å². The minimum Gasteiger partial charge on any atom is -0.478 e. The lowest BCUT2D eigenvalue weighted by molar-refractivity contribution is -0.162. The molecule has 0 aromatic carbocycles. The van der Waals surface area contributed by atoms with Gasteiger partial charge in [0.15, 0.2) is 6.10 Å². The quantitative estimate of drug-likeness (QED) is 0.137. The van der Waals surface area contributed by atoms with Crippen molar-refractivity contribution in [2.45, 2.75) is 24.6 Å². The molecule has 15 heteroatoms. The zero-order valence-corrected chi connectivity index (χ0v) is 19.2. The minimum atomic E-state index is -1.41. The van der Waals surface area contributed by atoms with Gasteiger partial charge >= 0.3 is 17.9 Å². The molecule has 0 aromatic heterocycles. The van der Waals surface area contributed by atoms with Gasteiger partial charge in [-0.15, -0.1) is 23.5 Å². The van der Waals surface area contributed by atoms with Crippen LogP contribution in [0.3, 0.4) is 0 Å². The first kappa shape index (κ1) is 24.4. The molecule has 174 valence electrons. The van der Waals surface area contributed by atoms with Crippen molar-refractivity contribution in [2.75, 3.05) is 25.2 Å². The second-order valence-corrected chi connectivity index (χ2v) is 9.84. The molecule has 3 aliphatic rings. The third-order valence-electron chi connectivity index (χ3n) is 4.55. The first-order valence-electron chi connectivity index (χ1n) is 9.05. The number of aliphatic carboxylic acids is 2. The summed E-state index contributed by atoms with van der Waals surface area (Å²) in [6.45, 7) is 1.26. The number of thioether (sulfide) groups is 2. The standard InChI is InChI=1S/C17H19N3O9S3/c1-6(21)29-12(19-9(22)5-31-17-7(15(24)25)3-18-32-17)8-4-30-14-11(28-2)13(23)20(14)10(8)16(26)27/h11-12,14,18H,3-5H2,1-2H3,(H,19,22)(H,24,25)(H,26,27)/t11-,12?,14-/m1/s1. The smallest absolute Gasteiger partial charge is 0.352 e. The Hall–Kier alpha value is -2.20. The summed E-state index contributed by atoms with van der Waals surface area (Å²) in [5.41, 5.74) is -0.172. The third kappa shape index (κ3) is 4.91. The summed E-state index contributed by atoms with van der Waals surface area (Å²) >= 11 is 3.31. The molecule has 0 spiro atoms. The van der Waals surface area contributed by atoms with Crippen molar-refractivity contribution in [2.24, 2.45) is 0 Å². The van der Waals surface area contributed by atoms with E-state index in [9.17, 15) is 29.1 Å². The summed E-state index contributed by atoms with van der Waals surface area (Å²) < 4.78 is 13.5. The number of hydrogen-bond acceptors (Lipinski definition) is 11. The lowest BCUT2D eigenvalue weighted by Gasteiger charge is -2.49. The number of carbonyl (C=O) groups is 5. The van der Waals surface area contributed by atoms with Crippen LogP contribution in [0.1, 0.15) is 6.92 Å². The van der Waals surface area contributed by atoms with Gasteiger partial charge in [0.1, 0.15) is 11.1 Å². The summed E-state index contributed by atoms with van der Waals surface area (Å²) in [5.74, 6) is -4.53. The monoisotopic (exact) mass is 505 g/mol. The molecule has 3 heterocycles. The van der Waals surface area contributed by atoms with Gasteiger partial charge < -0.3 is 25.0 Å². The predicted molar refractivity (Wildman–Crippen MR) is 115 cm³/mol. The van der Waals surface area contributed by atoms with Crippen molar-refractivity contribution < 1.29 is 43.7 Å². The van der Waals surface area contributed by atoms with E-state index in [1.165, 1.54) is 18.9 Å². The summed E-state index contributed by atoms with van der Waals surface area (Å²) in [4.78, 5) is 60.7. The molecule has 4 N–H and O–H groups in total. The van der Waals surface area contributed by atoms with E-state index < -0.39 is 47.4 Å². The number of β-lactam (4-membered cyclic amide) rings is 1. The van der Waals surface area contributed by atoms with Crippen LogP contribution in [0.4, 0.5) is 0 Å². The normalized spacial score (nSPS) is 23.4. The molecule has 2 amide bonds. The summed E-state index contributed by atoms with van der Waals surface area (Å²) in [6.07, 6.45) is -2.18. The van der Waals surface area contributed by atoms with E-state index in [0.29, 0.717) is 4.24 Å². The van der Waals surface area contributed by atoms with E-state index >= 15 is 0 Å². The van der Waals surface area contributed by atoms with Crippen LogP contribution >= 0.6 is 35.5 Å². The van der Waals surface area contributed by atoms with Crippen molar-refractivity contribution in [1.82, 2.24) is 14.9 Å². The van der Waals surface area contributed by atoms with E-state index in [1.807, 2.05) is 0 Å². The fourth-order valence-corrected chi connectivity index (χ4v) is 6.45. The van der Waals surface area contributed by atoms with E-state index in [2.05, 4.69) is 10.0 Å². The van der Waals surface area contributed by atoms with E-state index in [-0.39, 0.29) is 34.9 Å². The number of nitrogens with zero attached hydrogens (tertiary/aromatic N) is 1. The zero-order chi connectivity index (χ0) is 23.6. The van der Waals surface area contributed by atoms with Crippen LogP contribution in [0, 0.1) is 0 Å². The van der Waals surface area contributed by atoms with Crippen LogP contribution in [-0.2, 0) is 33.4 Å². The number of carboxylic acids is 2. The first-order valence-corrected chi connectivity index (χ1v) is 11.9. The Morgan fingerprint density at radius 1 is 1.31 bits per heavy atom. The Kier molecular flexibility index (Phi) is 7.76. The number of amides is 2. The van der Waals surface area contributed by atoms with Crippen LogP contribution in [0.15, 0.2) is 21.1 Å². The maximum atomic E-state index is 12.5. The molecule has 3 aliphatic heterocycles. The number of carbonyl (C=O) groups excluding carboxylic acids is 3. The second kappa shape index (κ2) is 10.2. The Morgan fingerprint density at radius 3 is 2.62 bits per heavy atom. The second-order valence-electron chi connectivity index (χ2n) is 6.59. The Bertz CT molecular complexity index is 935. The molecule has 3 rings (SSSR count). The van der Waals surface area contributed by atoms with Crippen LogP contribution in [-0.4, -0.2) is 87.7 Å². The number of fused-ring (bicyclic) bond motifs is 1. The molecule has 3 atom stereocenters. The van der Waals surface area contributed by atoms with Crippen LogP contribution < -0.4 is 10.0 Å². The molecule has 12 nitrogen and oxygen atoms in total. The van der Waals surface area contributed by atoms with Gasteiger partial charge in [-0.05, 0) is 11.9 Å². The average molecular weight is 506 g/mol. The lowest BCUT2D eigenvalue weighted by atomic mass is 10.0. The highest BCUT2D eigenvalue weighted by Gasteiger charge is 2.55. The molecule has 1 fully saturated rings. The highest BCUT2D eigenvalue weighted by molar-refractivity contribution is 8.22. The molecule has 1 unspecified atom stereocenters. The predicted octanol–water partition coefficient (Wildman–Crippen LogP) is -0.459. The summed E-state index contributed by atoms with van der Waals surface area (Å²) in [7, 11) is 1.35. The Balaban J connectivity index is 1.79. The van der Waals surface area contributed by atoms with Gasteiger partial charge in [0.25, 0.3) is 5.91 Å². The fourth-order valence-electron chi connectivity index (χ4n) is 3.15. The maximum Gasteiger partial charge on any atom is 0.352 e. The van der Waals surface area contributed by atoms with Crippen LogP contribution in [0.5, 0.6) is 0 Å². The van der Waals surface area contributed by atoms with Gasteiger partial charge in [-0.25, -0.2) is 9.59 Å². The Morgan fingerprint density at radius 2 is 2.03 bits per heavy atom. The molecule has 0 aliphatic carbocycles. The van der Waals surface area contributed by atoms with E-state index in [1.54, 1.807) is 0 Å². The van der Waals surface area contributed by atoms with Crippen molar-refractivity contribution in [1.29, 1.82) is 0 Å². The minimum absolute atomic E-state index is 0.0533. The number of nitrogens with one attached hydrogen (secondary N) is 2. The van der Waals surface area contributed by atoms with Crippen molar-refractivity contribution in [3.8, 4) is 0 Å². The van der Waals surface area contributed by atoms with Crippen molar-refractivity contribution >= 4 is 65.2 Å². The molecule has 0 radical (unpaired) electrons. The topological polar surface area (TPSA) is 172 Å². The van der Waals surface area contributed by atoms with Gasteiger partial charge in [-0.1, -0.05) is 0 Å². The zero-order valence-electron chi connectivity index (χ0n) is 16.8. The van der Waals surface area contributed by atoms with E-state index in [4.69, 9.17) is 14.6 Å². The lowest BCUT2D eigenvalue weighted by Crippen LogP contribution is -2.66. The fraction of sp³-hybridized carbons (Fsp3) is 0.471. The first-order chi connectivity index (χ1) is 15.1. The van der Waals surface area contributed by atoms with Crippen molar-refractivity contribution in [3.05, 3.63) is 21.1 Å². The van der Waals surface area contributed by atoms with Crippen molar-refractivity contribution in [3.63, 3.8) is 0 Å². The molecule has 0 aromatic rings. The number of rotatable bonds is 9. The summed E-state index contributed by atoms with van der Waals surface area (Å²) in [6, 6.07) is 0. The van der Waals surface area contributed by atoms with Crippen LogP contribution in [0.2, 0.25) is 0 Å². The van der Waals surface area contributed by atoms with Gasteiger partial charge in [0, 0.05) is 31.9 Å². The van der Waals surface area contributed by atoms with Gasteiger partial charge in [-0.2, -0.15) is 0 Å². The molecule has 32 heavy (non-hydrogen) atoms. The maximum absolute atomic E-state index is 12.5. The number of methoxy groups -OCH3 is 1. The highest BCUT2D eigenvalue weighted by Crippen LogP contribution is 2.42. The Labute approximate surface area is 194 Å². The number of carboxylic acid groups (broad SMARTS) is 2. The number of ether oxygens (including phenoxy) is 2. The number of esters is 1. The molecule has 0 saturated carbocycles. The molecular weight excluding hydrogens is 486 g/mol. The highest BCUT2D eigenvalue weighted by atomic mass is 32.2. The van der Waals surface area contributed by atoms with E-state index in [0.717, 1.165) is 35.5 Å². The van der Waals surface area contributed by atoms with Crippen LogP contribution in [0.25, 0.3) is 0 Å². The number of hydrogen-bond donors (Lipinski definition) is 4. The SMILES string of the molecule is CO[C@@H]1C(=O)N2C(C(=O)O)=C(C(NC(=O)CSC3=C(C(=O)O)CNS3)OC(C)=O)CS[C@H]12.